The molecule has 1 aromatic rings. The van der Waals surface area contributed by atoms with Crippen LogP contribution in [0.25, 0.3) is 0 Å². The number of ether oxygens (including phenoxy) is 1. The van der Waals surface area contributed by atoms with E-state index in [0.717, 1.165) is 63.5 Å². The molecule has 0 radical (unpaired) electrons. The number of rotatable bonds is 24. The Kier molecular flexibility index (Phi) is 19.5. The second-order valence-electron chi connectivity index (χ2n) is 17.0. The quantitative estimate of drug-likeness (QED) is 0.0356. The Bertz CT molecular complexity index is 1590. The number of carbonyl (C=O) groups excluding carboxylic acids is 3. The van der Waals surface area contributed by atoms with Gasteiger partial charge in [-0.3, -0.25) is 24.1 Å². The first-order valence-electron chi connectivity index (χ1n) is 21.3. The van der Waals surface area contributed by atoms with E-state index in [0.29, 0.717) is 48.1 Å². The van der Waals surface area contributed by atoms with Gasteiger partial charge in [0.25, 0.3) is 5.91 Å². The van der Waals surface area contributed by atoms with Crippen molar-refractivity contribution in [2.75, 3.05) is 32.5 Å². The number of benzene rings is 1. The molecule has 2 aliphatic rings. The Morgan fingerprint density at radius 1 is 1.07 bits per heavy atom. The smallest absolute Gasteiger partial charge is 0.309 e. The van der Waals surface area contributed by atoms with Crippen molar-refractivity contribution in [1.82, 2.24) is 20.4 Å². The standard InChI is InChI=1S/C44H72N6O6S/c1-10-13-14-16-24-50(42(53)38(30(6)11-2)48-40(52)35-18-15-17-23-49(35)9)36(29(4)5)26-37(56-12-3)41-47-34(28-57-41)39(51)46-33(27-44(7,8)43(54)55)25-31-19-21-32(45)22-20-31/h19-22,29-30,33,35-38,57H,10-18,23-27,45H2,1-9H3,(H,46,51)(H,48,52)(H,54,55)/t30-,33-,35?,36+,37+,38-/m0/s1. The van der Waals surface area contributed by atoms with E-state index in [2.05, 4.69) is 48.3 Å². The minimum absolute atomic E-state index is 0.0610. The molecule has 1 unspecified atom stereocenters. The molecule has 1 fully saturated rings. The van der Waals surface area contributed by atoms with Crippen molar-refractivity contribution >= 4 is 50.8 Å². The summed E-state index contributed by atoms with van der Waals surface area (Å²) in [5.41, 5.74) is 6.48. The molecule has 0 spiro atoms. The highest BCUT2D eigenvalue weighted by molar-refractivity contribution is 8.12. The number of aliphatic carboxylic acids is 1. The number of nitrogens with two attached hydrogens (primary N) is 1. The lowest BCUT2D eigenvalue weighted by Gasteiger charge is -2.40. The SMILES string of the molecule is CCCCCCN(C(=O)[C@@H](NC(=O)C1CCCCN1C)[C@@H](C)CC)[C@H](C[C@@H](OCC)C1=NC(C(=O)N[C@@H](Cc2ccc(N)cc2)CC(C)(C)C(=O)O)=C=[SH]1)C(C)C. The highest BCUT2D eigenvalue weighted by Crippen LogP contribution is 2.28. The molecule has 0 aliphatic carbocycles. The van der Waals surface area contributed by atoms with Crippen molar-refractivity contribution < 1.29 is 29.0 Å². The number of aliphatic imine (C=N–C) groups is 1. The van der Waals surface area contributed by atoms with Crippen LogP contribution in [0.1, 0.15) is 125 Å². The van der Waals surface area contributed by atoms with E-state index < -0.39 is 35.5 Å². The largest absolute Gasteiger partial charge is 0.481 e. The van der Waals surface area contributed by atoms with Crippen LogP contribution in [-0.4, -0.2) is 106 Å². The second kappa shape index (κ2) is 23.2. The lowest BCUT2D eigenvalue weighted by atomic mass is 9.84. The summed E-state index contributed by atoms with van der Waals surface area (Å²) >= 11 is 0.605. The normalized spacial score (nSPS) is 18.7. The minimum atomic E-state index is -1.08. The third-order valence-electron chi connectivity index (χ3n) is 11.5. The van der Waals surface area contributed by atoms with Gasteiger partial charge in [0.15, 0.2) is 5.70 Å². The lowest BCUT2D eigenvalue weighted by molar-refractivity contribution is -0.147. The molecular formula is C44H72N6O6S. The van der Waals surface area contributed by atoms with Crippen molar-refractivity contribution in [3.05, 3.63) is 35.5 Å². The number of hydrogen-bond acceptors (Lipinski definition) is 8. The van der Waals surface area contributed by atoms with Crippen LogP contribution in [0, 0.1) is 17.3 Å². The number of nitrogens with zero attached hydrogens (tertiary/aromatic N) is 3. The van der Waals surface area contributed by atoms with Crippen molar-refractivity contribution in [2.24, 2.45) is 22.2 Å². The second-order valence-corrected chi connectivity index (χ2v) is 17.9. The molecule has 0 aromatic heterocycles. The fraction of sp³-hybridized carbons (Fsp3) is 0.705. The number of carbonyl (C=O) groups is 4. The van der Waals surface area contributed by atoms with Crippen LogP contribution in [0.5, 0.6) is 0 Å². The van der Waals surface area contributed by atoms with Crippen LogP contribution < -0.4 is 16.4 Å². The van der Waals surface area contributed by atoms with Crippen LogP contribution in [0.2, 0.25) is 0 Å². The number of nitrogen functional groups attached to an aromatic ring is 1. The lowest BCUT2D eigenvalue weighted by Crippen LogP contribution is -2.59. The zero-order valence-electron chi connectivity index (χ0n) is 36.1. The average molecular weight is 813 g/mol. The molecule has 12 nitrogen and oxygen atoms in total. The average Bonchev–Trinajstić information content (AvgIpc) is 3.67. The maximum atomic E-state index is 14.9. The summed E-state index contributed by atoms with van der Waals surface area (Å²) in [6, 6.07) is 5.71. The first-order valence-corrected chi connectivity index (χ1v) is 22.2. The van der Waals surface area contributed by atoms with E-state index in [1.807, 2.05) is 37.9 Å². The topological polar surface area (TPSA) is 167 Å². The van der Waals surface area contributed by atoms with Gasteiger partial charge in [0.05, 0.1) is 11.5 Å². The molecule has 0 saturated carbocycles. The molecule has 13 heteroatoms. The number of unbranched alkanes of at least 4 members (excludes halogenated alkanes) is 3. The zero-order valence-corrected chi connectivity index (χ0v) is 37.0. The Morgan fingerprint density at radius 3 is 2.37 bits per heavy atom. The predicted molar refractivity (Wildman–Crippen MR) is 234 cm³/mol. The third kappa shape index (κ3) is 14.4. The van der Waals surface area contributed by atoms with Crippen molar-refractivity contribution in [3.8, 4) is 0 Å². The van der Waals surface area contributed by atoms with Gasteiger partial charge in [-0.05, 0) is 96.0 Å². The van der Waals surface area contributed by atoms with Crippen LogP contribution >= 0.6 is 11.4 Å². The first kappa shape index (κ1) is 47.9. The van der Waals surface area contributed by atoms with Gasteiger partial charge in [0, 0.05) is 37.3 Å². The van der Waals surface area contributed by atoms with Crippen molar-refractivity contribution in [2.45, 2.75) is 156 Å². The molecule has 2 heterocycles. The van der Waals surface area contributed by atoms with Gasteiger partial charge in [-0.25, -0.2) is 4.99 Å². The van der Waals surface area contributed by atoms with E-state index in [9.17, 15) is 24.3 Å². The van der Waals surface area contributed by atoms with Gasteiger partial charge < -0.3 is 31.1 Å². The van der Waals surface area contributed by atoms with E-state index in [1.165, 1.54) is 0 Å². The molecule has 3 rings (SSSR count). The number of thiol groups is 1. The summed E-state index contributed by atoms with van der Waals surface area (Å²) in [4.78, 5) is 63.3. The predicted octanol–water partition coefficient (Wildman–Crippen LogP) is 6.20. The highest BCUT2D eigenvalue weighted by Gasteiger charge is 2.39. The first-order chi connectivity index (χ1) is 27.0. The van der Waals surface area contributed by atoms with Gasteiger partial charge in [-0.15, -0.1) is 11.4 Å². The summed E-state index contributed by atoms with van der Waals surface area (Å²) in [6.45, 7) is 17.6. The van der Waals surface area contributed by atoms with Gasteiger partial charge >= 0.3 is 5.97 Å². The molecular weight excluding hydrogens is 741 g/mol. The fourth-order valence-electron chi connectivity index (χ4n) is 7.68. The number of amides is 3. The molecule has 6 atom stereocenters. The molecule has 1 aromatic carbocycles. The van der Waals surface area contributed by atoms with Crippen LogP contribution in [0.15, 0.2) is 35.0 Å². The molecule has 1 saturated heterocycles. The number of piperidine rings is 1. The van der Waals surface area contributed by atoms with Gasteiger partial charge in [0.1, 0.15) is 17.2 Å². The number of nitrogens with one attached hydrogen (secondary N) is 2. The summed E-state index contributed by atoms with van der Waals surface area (Å²) in [5, 5.41) is 19.9. The Hall–Kier alpha value is -3.51. The highest BCUT2D eigenvalue weighted by atomic mass is 32.1. The maximum absolute atomic E-state index is 14.9. The maximum Gasteiger partial charge on any atom is 0.309 e. The zero-order chi connectivity index (χ0) is 42.3. The third-order valence-corrected chi connectivity index (χ3v) is 12.5. The molecule has 320 valence electrons. The van der Waals surface area contributed by atoms with E-state index in [1.54, 1.807) is 26.0 Å². The van der Waals surface area contributed by atoms with Crippen molar-refractivity contribution in [1.29, 1.82) is 0 Å². The molecule has 0 bridgehead atoms. The number of anilines is 1. The van der Waals surface area contributed by atoms with Gasteiger partial charge in [0.2, 0.25) is 11.8 Å². The van der Waals surface area contributed by atoms with E-state index >= 15 is 0 Å². The molecule has 5 N–H and O–H groups in total. The summed E-state index contributed by atoms with van der Waals surface area (Å²) in [7, 11) is 1.98. The summed E-state index contributed by atoms with van der Waals surface area (Å²) < 4.78 is 6.34. The monoisotopic (exact) mass is 813 g/mol. The number of carboxylic acid groups (broad SMARTS) is 1. The number of hydrogen-bond donors (Lipinski definition) is 5. The summed E-state index contributed by atoms with van der Waals surface area (Å²) in [5.74, 6) is -1.52. The van der Waals surface area contributed by atoms with Crippen LogP contribution in [0.3, 0.4) is 0 Å². The molecule has 2 aliphatic heterocycles. The van der Waals surface area contributed by atoms with Crippen LogP contribution in [-0.2, 0) is 30.3 Å². The van der Waals surface area contributed by atoms with Crippen LogP contribution in [0.4, 0.5) is 5.69 Å². The molecule has 57 heavy (non-hydrogen) atoms. The fourth-order valence-corrected chi connectivity index (χ4v) is 8.53. The molecule has 3 amide bonds. The van der Waals surface area contributed by atoms with E-state index in [4.69, 9.17) is 15.5 Å². The van der Waals surface area contributed by atoms with Crippen molar-refractivity contribution in [3.63, 3.8) is 0 Å². The number of likely N-dealkylation sites (tertiary alicyclic amines) is 1. The Morgan fingerprint density at radius 2 is 1.77 bits per heavy atom. The Balaban J connectivity index is 1.89. The summed E-state index contributed by atoms with van der Waals surface area (Å²) in [6.07, 6.45) is 8.18. The Labute approximate surface area is 345 Å². The van der Waals surface area contributed by atoms with Gasteiger partial charge in [-0.2, -0.15) is 0 Å². The van der Waals surface area contributed by atoms with Gasteiger partial charge in [-0.1, -0.05) is 83.9 Å². The minimum Gasteiger partial charge on any atom is -0.481 e. The number of likely N-dealkylation sites (N-methyl/N-ethyl adjacent to an activating group) is 1. The van der Waals surface area contributed by atoms with E-state index in [-0.39, 0.29) is 47.9 Å². The number of carboxylic acids is 1.